The van der Waals surface area contributed by atoms with E-state index in [0.29, 0.717) is 24.0 Å². The molecule has 4 heterocycles. The van der Waals surface area contributed by atoms with E-state index < -0.39 is 17.7 Å². The van der Waals surface area contributed by atoms with Crippen molar-refractivity contribution in [2.45, 2.75) is 44.2 Å². The molecule has 3 aromatic rings. The van der Waals surface area contributed by atoms with Gasteiger partial charge < -0.3 is 14.6 Å². The van der Waals surface area contributed by atoms with Crippen LogP contribution in [0.1, 0.15) is 48.2 Å². The molecule has 2 aliphatic rings. The summed E-state index contributed by atoms with van der Waals surface area (Å²) >= 11 is 0. The zero-order valence-corrected chi connectivity index (χ0v) is 19.5. The molecule has 10 heteroatoms. The van der Waals surface area contributed by atoms with Gasteiger partial charge in [-0.25, -0.2) is 18.7 Å². The highest BCUT2D eigenvalue weighted by atomic mass is 19.1. The fraction of sp³-hybridized carbons (Fsp3) is 0.440. The third-order valence-electron chi connectivity index (χ3n) is 7.15. The van der Waals surface area contributed by atoms with E-state index in [0.717, 1.165) is 32.0 Å². The molecule has 2 fully saturated rings. The highest BCUT2D eigenvalue weighted by Crippen LogP contribution is 2.31. The molecule has 184 valence electrons. The topological polar surface area (TPSA) is 82.8 Å². The number of aromatic nitrogens is 3. The molecule has 35 heavy (non-hydrogen) atoms. The van der Waals surface area contributed by atoms with Crippen LogP contribution in [0.5, 0.6) is 0 Å². The summed E-state index contributed by atoms with van der Waals surface area (Å²) in [6.45, 7) is 4.17. The van der Waals surface area contributed by atoms with Gasteiger partial charge in [0.05, 0.1) is 30.1 Å². The number of imidazole rings is 1. The van der Waals surface area contributed by atoms with Gasteiger partial charge in [-0.1, -0.05) is 0 Å². The van der Waals surface area contributed by atoms with E-state index >= 15 is 0 Å². The number of rotatable bonds is 5. The van der Waals surface area contributed by atoms with Crippen LogP contribution in [0.3, 0.4) is 0 Å². The number of piperidine rings is 1. The SMILES string of the molecule is C[C@H](C(=O)N[C@@H]1CN(C(=O)c2nccn3cncc23)CC[C@H]1c1cc(F)cc(F)c1)N1CCCC1. The van der Waals surface area contributed by atoms with Gasteiger partial charge in [0.25, 0.3) is 5.91 Å². The summed E-state index contributed by atoms with van der Waals surface area (Å²) in [6.07, 6.45) is 9.00. The number of nitrogens with zero attached hydrogens (tertiary/aromatic N) is 5. The first-order valence-corrected chi connectivity index (χ1v) is 12.0. The molecule has 0 unspecified atom stereocenters. The number of halogens is 2. The largest absolute Gasteiger partial charge is 0.350 e. The number of carbonyl (C=O) groups excluding carboxylic acids is 2. The minimum absolute atomic E-state index is 0.149. The number of amides is 2. The van der Waals surface area contributed by atoms with Crippen LogP contribution in [0.4, 0.5) is 8.78 Å². The van der Waals surface area contributed by atoms with Crippen LogP contribution >= 0.6 is 0 Å². The van der Waals surface area contributed by atoms with Crippen LogP contribution in [-0.2, 0) is 4.79 Å². The lowest BCUT2D eigenvalue weighted by Gasteiger charge is -2.40. The fourth-order valence-corrected chi connectivity index (χ4v) is 5.24. The van der Waals surface area contributed by atoms with E-state index in [9.17, 15) is 18.4 Å². The Labute approximate surface area is 202 Å². The second kappa shape index (κ2) is 9.69. The Kier molecular flexibility index (Phi) is 6.46. The van der Waals surface area contributed by atoms with Gasteiger partial charge in [0.2, 0.25) is 5.91 Å². The first kappa shape index (κ1) is 23.3. The molecule has 5 rings (SSSR count). The fourth-order valence-electron chi connectivity index (χ4n) is 5.24. The summed E-state index contributed by atoms with van der Waals surface area (Å²) in [7, 11) is 0. The van der Waals surface area contributed by atoms with Gasteiger partial charge in [0, 0.05) is 37.5 Å². The lowest BCUT2D eigenvalue weighted by atomic mass is 9.84. The smallest absolute Gasteiger partial charge is 0.274 e. The highest BCUT2D eigenvalue weighted by molar-refractivity contribution is 5.98. The third kappa shape index (κ3) is 4.75. The Morgan fingerprint density at radius 3 is 2.60 bits per heavy atom. The van der Waals surface area contributed by atoms with Crippen molar-refractivity contribution in [3.8, 4) is 0 Å². The first-order chi connectivity index (χ1) is 16.9. The van der Waals surface area contributed by atoms with Crippen molar-refractivity contribution < 1.29 is 18.4 Å². The standard InChI is InChI=1S/C25H28F2N6O2/c1-16(31-6-2-3-7-31)24(34)30-21-14-32(8-4-20(21)17-10-18(26)12-19(27)11-17)25(35)23-22-13-28-15-33(22)9-5-29-23/h5,9-13,15-16,20-21H,2-4,6-8,14H2,1H3,(H,30,34)/t16-,20+,21-/m1/s1. The van der Waals surface area contributed by atoms with Gasteiger partial charge in [0.15, 0.2) is 5.69 Å². The van der Waals surface area contributed by atoms with Crippen LogP contribution in [0.25, 0.3) is 5.52 Å². The van der Waals surface area contributed by atoms with Gasteiger partial charge in [-0.3, -0.25) is 14.5 Å². The Bertz CT molecular complexity index is 1220. The van der Waals surface area contributed by atoms with Crippen molar-refractivity contribution in [1.29, 1.82) is 0 Å². The molecule has 0 spiro atoms. The van der Waals surface area contributed by atoms with Gasteiger partial charge in [0.1, 0.15) is 11.6 Å². The predicted octanol–water partition coefficient (Wildman–Crippen LogP) is 2.61. The van der Waals surface area contributed by atoms with Gasteiger partial charge >= 0.3 is 0 Å². The molecule has 0 radical (unpaired) electrons. The Hall–Kier alpha value is -3.40. The van der Waals surface area contributed by atoms with E-state index in [2.05, 4.69) is 20.2 Å². The van der Waals surface area contributed by atoms with E-state index in [-0.39, 0.29) is 36.0 Å². The van der Waals surface area contributed by atoms with E-state index in [4.69, 9.17) is 0 Å². The van der Waals surface area contributed by atoms with Crippen LogP contribution in [-0.4, -0.2) is 74.2 Å². The molecule has 0 bridgehead atoms. The second-order valence-corrected chi connectivity index (χ2v) is 9.35. The number of carbonyl (C=O) groups is 2. The number of fused-ring (bicyclic) bond motifs is 1. The van der Waals surface area contributed by atoms with E-state index in [1.807, 2.05) is 6.92 Å². The zero-order chi connectivity index (χ0) is 24.5. The summed E-state index contributed by atoms with van der Waals surface area (Å²) in [5, 5.41) is 3.09. The maximum atomic E-state index is 14.0. The normalized spacial score (nSPS) is 21.9. The molecule has 0 aliphatic carbocycles. The van der Waals surface area contributed by atoms with Crippen molar-refractivity contribution in [3.63, 3.8) is 0 Å². The summed E-state index contributed by atoms with van der Waals surface area (Å²) in [6, 6.07) is 2.63. The maximum Gasteiger partial charge on any atom is 0.274 e. The number of likely N-dealkylation sites (tertiary alicyclic amines) is 2. The maximum absolute atomic E-state index is 14.0. The average Bonchev–Trinajstić information content (AvgIpc) is 3.54. The Morgan fingerprint density at radius 2 is 1.86 bits per heavy atom. The molecule has 2 amide bonds. The Balaban J connectivity index is 1.41. The van der Waals surface area contributed by atoms with Crippen LogP contribution in [0, 0.1) is 11.6 Å². The molecular formula is C25H28F2N6O2. The monoisotopic (exact) mass is 482 g/mol. The average molecular weight is 483 g/mol. The van der Waals surface area contributed by atoms with E-state index in [1.54, 1.807) is 34.2 Å². The van der Waals surface area contributed by atoms with Crippen LogP contribution < -0.4 is 5.32 Å². The Morgan fingerprint density at radius 1 is 1.11 bits per heavy atom. The van der Waals surface area contributed by atoms with Gasteiger partial charge in [-0.05, 0) is 57.0 Å². The lowest BCUT2D eigenvalue weighted by Crippen LogP contribution is -2.56. The number of benzene rings is 1. The summed E-state index contributed by atoms with van der Waals surface area (Å²) in [5.74, 6) is -2.08. The van der Waals surface area contributed by atoms with Crippen molar-refractivity contribution in [2.24, 2.45) is 0 Å². The molecular weight excluding hydrogens is 454 g/mol. The molecule has 1 aromatic carbocycles. The second-order valence-electron chi connectivity index (χ2n) is 9.35. The quantitative estimate of drug-likeness (QED) is 0.605. The molecule has 8 nitrogen and oxygen atoms in total. The first-order valence-electron chi connectivity index (χ1n) is 12.0. The number of hydrogen-bond donors (Lipinski definition) is 1. The van der Waals surface area contributed by atoms with Crippen LogP contribution in [0.2, 0.25) is 0 Å². The zero-order valence-electron chi connectivity index (χ0n) is 19.5. The molecule has 1 N–H and O–H groups in total. The van der Waals surface area contributed by atoms with E-state index in [1.165, 1.54) is 12.1 Å². The van der Waals surface area contributed by atoms with Crippen molar-refractivity contribution >= 4 is 17.3 Å². The van der Waals surface area contributed by atoms with Gasteiger partial charge in [-0.15, -0.1) is 0 Å². The molecule has 0 saturated carbocycles. The number of hydrogen-bond acceptors (Lipinski definition) is 5. The summed E-state index contributed by atoms with van der Waals surface area (Å²) < 4.78 is 29.8. The highest BCUT2D eigenvalue weighted by Gasteiger charge is 2.36. The van der Waals surface area contributed by atoms with Crippen LogP contribution in [0.15, 0.2) is 43.1 Å². The minimum Gasteiger partial charge on any atom is -0.350 e. The molecule has 2 aromatic heterocycles. The molecule has 3 atom stereocenters. The predicted molar refractivity (Wildman–Crippen MR) is 125 cm³/mol. The van der Waals surface area contributed by atoms with Crippen molar-refractivity contribution in [3.05, 3.63) is 66.0 Å². The van der Waals surface area contributed by atoms with Gasteiger partial charge in [-0.2, -0.15) is 0 Å². The minimum atomic E-state index is -0.661. The lowest BCUT2D eigenvalue weighted by molar-refractivity contribution is -0.126. The summed E-state index contributed by atoms with van der Waals surface area (Å²) in [4.78, 5) is 38.7. The third-order valence-corrected chi connectivity index (χ3v) is 7.15. The molecule has 2 aliphatic heterocycles. The van der Waals surface area contributed by atoms with Crippen molar-refractivity contribution in [1.82, 2.24) is 29.5 Å². The molecule has 2 saturated heterocycles. The summed E-state index contributed by atoms with van der Waals surface area (Å²) in [5.41, 5.74) is 1.34. The number of nitrogens with one attached hydrogen (secondary N) is 1. The van der Waals surface area contributed by atoms with Crippen molar-refractivity contribution in [2.75, 3.05) is 26.2 Å².